The second kappa shape index (κ2) is 13.1. The van der Waals surface area contributed by atoms with Gasteiger partial charge in [-0.2, -0.15) is 0 Å². The molecule has 2 unspecified atom stereocenters. The van der Waals surface area contributed by atoms with Crippen molar-refractivity contribution in [1.82, 2.24) is 25.4 Å². The highest BCUT2D eigenvalue weighted by Gasteiger charge is 2.14. The summed E-state index contributed by atoms with van der Waals surface area (Å²) in [5.74, 6) is 1.77. The minimum Gasteiger partial charge on any atom is -0.376 e. The van der Waals surface area contributed by atoms with Crippen LogP contribution in [0.3, 0.4) is 0 Å². The molecule has 1 saturated heterocycles. The van der Waals surface area contributed by atoms with Crippen LogP contribution in [0.4, 0.5) is 0 Å². The average Bonchev–Trinajstić information content (AvgIpc) is 3.20. The standard InChI is InChI=1S/C21H31ClN6O.HI/c1-3-20-27-25-15-28(20)12-11-23-21(24-14-19-6-4-5-13-29-19)26-16(2)17-7-9-18(22)10-8-17;/h7-10,15-16,19H,3-6,11-14H2,1-2H3,(H2,23,24,26);1H. The number of nitrogens with zero attached hydrogens (tertiary/aromatic N) is 4. The molecule has 7 nitrogen and oxygen atoms in total. The Kier molecular flexibility index (Phi) is 10.9. The van der Waals surface area contributed by atoms with Gasteiger partial charge in [-0.05, 0) is 43.9 Å². The molecule has 0 radical (unpaired) electrons. The van der Waals surface area contributed by atoms with Crippen molar-refractivity contribution in [2.75, 3.05) is 19.7 Å². The Bertz CT molecular complexity index is 776. The normalized spacial score (nSPS) is 17.8. The van der Waals surface area contributed by atoms with Crippen molar-refractivity contribution >= 4 is 41.5 Å². The first kappa shape index (κ1) is 24.9. The topological polar surface area (TPSA) is 76.4 Å². The minimum absolute atomic E-state index is 0. The number of ether oxygens (including phenoxy) is 1. The maximum atomic E-state index is 6.02. The summed E-state index contributed by atoms with van der Waals surface area (Å²) in [4.78, 5) is 4.79. The molecule has 1 fully saturated rings. The lowest BCUT2D eigenvalue weighted by Gasteiger charge is -2.23. The van der Waals surface area contributed by atoms with Gasteiger partial charge in [0.2, 0.25) is 0 Å². The number of hydrogen-bond donors (Lipinski definition) is 2. The van der Waals surface area contributed by atoms with Crippen molar-refractivity contribution in [3.63, 3.8) is 0 Å². The van der Waals surface area contributed by atoms with Crippen molar-refractivity contribution in [2.45, 2.75) is 58.2 Å². The first-order valence-corrected chi connectivity index (χ1v) is 10.8. The molecule has 3 rings (SSSR count). The molecular formula is C21H32ClIN6O. The van der Waals surface area contributed by atoms with E-state index in [1.54, 1.807) is 6.33 Å². The van der Waals surface area contributed by atoms with Crippen LogP contribution in [0.5, 0.6) is 0 Å². The smallest absolute Gasteiger partial charge is 0.191 e. The van der Waals surface area contributed by atoms with E-state index in [0.717, 1.165) is 61.3 Å². The van der Waals surface area contributed by atoms with Crippen LogP contribution in [0, 0.1) is 0 Å². The highest BCUT2D eigenvalue weighted by atomic mass is 127. The van der Waals surface area contributed by atoms with Crippen LogP contribution in [0.25, 0.3) is 0 Å². The van der Waals surface area contributed by atoms with Crippen LogP contribution < -0.4 is 10.6 Å². The van der Waals surface area contributed by atoms with Crippen LogP contribution in [-0.2, 0) is 17.7 Å². The number of aromatic nitrogens is 3. The summed E-state index contributed by atoms with van der Waals surface area (Å²) in [7, 11) is 0. The molecule has 0 spiro atoms. The monoisotopic (exact) mass is 546 g/mol. The maximum Gasteiger partial charge on any atom is 0.191 e. The van der Waals surface area contributed by atoms with E-state index in [1.807, 2.05) is 24.3 Å². The van der Waals surface area contributed by atoms with E-state index in [-0.39, 0.29) is 36.1 Å². The Morgan fingerprint density at radius 1 is 1.33 bits per heavy atom. The van der Waals surface area contributed by atoms with Crippen LogP contribution in [0.1, 0.15) is 50.5 Å². The fourth-order valence-electron chi connectivity index (χ4n) is 3.37. The third kappa shape index (κ3) is 7.70. The van der Waals surface area contributed by atoms with Gasteiger partial charge in [0.15, 0.2) is 5.96 Å². The van der Waals surface area contributed by atoms with Gasteiger partial charge in [0.05, 0.1) is 18.7 Å². The molecule has 0 aliphatic carbocycles. The molecule has 2 N–H and O–H groups in total. The molecule has 2 atom stereocenters. The molecule has 9 heteroatoms. The van der Waals surface area contributed by atoms with Gasteiger partial charge >= 0.3 is 0 Å². The second-order valence-electron chi connectivity index (χ2n) is 7.32. The van der Waals surface area contributed by atoms with Crippen molar-refractivity contribution < 1.29 is 4.74 Å². The number of aryl methyl sites for hydroxylation is 1. The Morgan fingerprint density at radius 3 is 2.83 bits per heavy atom. The lowest BCUT2D eigenvalue weighted by Crippen LogP contribution is -2.41. The van der Waals surface area contributed by atoms with E-state index >= 15 is 0 Å². The molecule has 1 aliphatic rings. The SMILES string of the molecule is CCc1nncn1CCNC(=NCC1CCCCO1)NC(C)c1ccc(Cl)cc1.I. The molecule has 1 aromatic heterocycles. The molecular weight excluding hydrogens is 515 g/mol. The van der Waals surface area contributed by atoms with E-state index in [2.05, 4.69) is 39.2 Å². The number of rotatable bonds is 8. The second-order valence-corrected chi connectivity index (χ2v) is 7.75. The highest BCUT2D eigenvalue weighted by molar-refractivity contribution is 14.0. The van der Waals surface area contributed by atoms with Crippen molar-refractivity contribution in [1.29, 1.82) is 0 Å². The summed E-state index contributed by atoms with van der Waals surface area (Å²) < 4.78 is 7.89. The quantitative estimate of drug-likeness (QED) is 0.298. The summed E-state index contributed by atoms with van der Waals surface area (Å²) in [6.45, 7) is 7.22. The average molecular weight is 547 g/mol. The van der Waals surface area contributed by atoms with Crippen molar-refractivity contribution in [2.24, 2.45) is 4.99 Å². The lowest BCUT2D eigenvalue weighted by atomic mass is 10.1. The summed E-state index contributed by atoms with van der Waals surface area (Å²) >= 11 is 6.02. The Labute approximate surface area is 201 Å². The third-order valence-electron chi connectivity index (χ3n) is 5.11. The van der Waals surface area contributed by atoms with E-state index in [0.29, 0.717) is 6.54 Å². The fourth-order valence-corrected chi connectivity index (χ4v) is 3.50. The van der Waals surface area contributed by atoms with Crippen LogP contribution in [0.15, 0.2) is 35.6 Å². The Morgan fingerprint density at radius 2 is 2.13 bits per heavy atom. The number of aliphatic imine (C=N–C) groups is 1. The summed E-state index contributed by atoms with van der Waals surface area (Å²) in [6.07, 6.45) is 6.28. The van der Waals surface area contributed by atoms with E-state index in [9.17, 15) is 0 Å². The largest absolute Gasteiger partial charge is 0.376 e. The molecule has 166 valence electrons. The molecule has 2 aromatic rings. The van der Waals surface area contributed by atoms with Gasteiger partial charge in [-0.3, -0.25) is 4.99 Å². The third-order valence-corrected chi connectivity index (χ3v) is 5.36. The predicted molar refractivity (Wildman–Crippen MR) is 132 cm³/mol. The number of hydrogen-bond acceptors (Lipinski definition) is 4. The van der Waals surface area contributed by atoms with Gasteiger partial charge in [0.1, 0.15) is 12.2 Å². The Hall–Kier alpha value is -1.39. The predicted octanol–water partition coefficient (Wildman–Crippen LogP) is 3.98. The summed E-state index contributed by atoms with van der Waals surface area (Å²) in [6, 6.07) is 7.99. The van der Waals surface area contributed by atoms with E-state index in [4.69, 9.17) is 21.3 Å². The van der Waals surface area contributed by atoms with Gasteiger partial charge in [0.25, 0.3) is 0 Å². The summed E-state index contributed by atoms with van der Waals surface area (Å²) in [5.41, 5.74) is 1.16. The van der Waals surface area contributed by atoms with Gasteiger partial charge in [-0.25, -0.2) is 0 Å². The maximum absolute atomic E-state index is 6.02. The van der Waals surface area contributed by atoms with E-state index in [1.165, 1.54) is 6.42 Å². The molecule has 30 heavy (non-hydrogen) atoms. The number of guanidine groups is 1. The Balaban J connectivity index is 0.00000320. The molecule has 2 heterocycles. The van der Waals surface area contributed by atoms with Crippen molar-refractivity contribution in [3.8, 4) is 0 Å². The molecule has 0 bridgehead atoms. The molecule has 0 amide bonds. The van der Waals surface area contributed by atoms with Crippen LogP contribution in [-0.4, -0.2) is 46.5 Å². The van der Waals surface area contributed by atoms with Gasteiger partial charge < -0.3 is 19.9 Å². The number of halogens is 2. The minimum atomic E-state index is 0. The van der Waals surface area contributed by atoms with Crippen LogP contribution in [0.2, 0.25) is 5.02 Å². The highest BCUT2D eigenvalue weighted by Crippen LogP contribution is 2.16. The summed E-state index contributed by atoms with van der Waals surface area (Å²) in [5, 5.41) is 15.8. The zero-order valence-corrected chi connectivity index (χ0v) is 20.8. The zero-order chi connectivity index (χ0) is 20.5. The molecule has 0 saturated carbocycles. The van der Waals surface area contributed by atoms with Gasteiger partial charge in [-0.15, -0.1) is 34.2 Å². The molecule has 1 aromatic carbocycles. The lowest BCUT2D eigenvalue weighted by molar-refractivity contribution is 0.0224. The molecule has 1 aliphatic heterocycles. The van der Waals surface area contributed by atoms with Gasteiger partial charge in [-0.1, -0.05) is 30.7 Å². The first-order chi connectivity index (χ1) is 14.2. The van der Waals surface area contributed by atoms with E-state index < -0.39 is 0 Å². The van der Waals surface area contributed by atoms with Crippen molar-refractivity contribution in [3.05, 3.63) is 47.0 Å². The van der Waals surface area contributed by atoms with Crippen LogP contribution >= 0.6 is 35.6 Å². The zero-order valence-electron chi connectivity index (χ0n) is 17.7. The number of benzene rings is 1. The van der Waals surface area contributed by atoms with Gasteiger partial charge in [0, 0.05) is 31.1 Å². The first-order valence-electron chi connectivity index (χ1n) is 10.4. The fraction of sp³-hybridized carbons (Fsp3) is 0.571. The number of nitrogens with one attached hydrogen (secondary N) is 2.